The first-order valence-electron chi connectivity index (χ1n) is 6.58. The second-order valence-electron chi connectivity index (χ2n) is 4.92. The van der Waals surface area contributed by atoms with Crippen LogP contribution in [-0.4, -0.2) is 6.54 Å². The molecule has 0 bridgehead atoms. The number of nitrogens with one attached hydrogen (secondary N) is 1. The third-order valence-corrected chi connectivity index (χ3v) is 3.82. The highest BCUT2D eigenvalue weighted by atomic mass is 35.5. The smallest absolute Gasteiger partial charge is 0.128 e. The summed E-state index contributed by atoms with van der Waals surface area (Å²) < 4.78 is 5.64. The van der Waals surface area contributed by atoms with E-state index in [1.165, 1.54) is 11.1 Å². The van der Waals surface area contributed by atoms with Crippen molar-refractivity contribution >= 4 is 11.6 Å². The summed E-state index contributed by atoms with van der Waals surface area (Å²) >= 11 is 6.42. The van der Waals surface area contributed by atoms with Crippen LogP contribution in [-0.2, 0) is 0 Å². The molecule has 3 heteroatoms. The van der Waals surface area contributed by atoms with E-state index in [4.69, 9.17) is 16.0 Å². The number of hydrogen-bond donors (Lipinski definition) is 1. The average Bonchev–Trinajstić information content (AvgIpc) is 2.77. The fourth-order valence-electron chi connectivity index (χ4n) is 2.25. The molecule has 1 N–H and O–H groups in total. The van der Waals surface area contributed by atoms with Gasteiger partial charge in [0.1, 0.15) is 5.76 Å². The summed E-state index contributed by atoms with van der Waals surface area (Å²) in [5, 5.41) is 4.23. The van der Waals surface area contributed by atoms with Crippen molar-refractivity contribution < 1.29 is 4.42 Å². The molecule has 1 aromatic carbocycles. The van der Waals surface area contributed by atoms with Gasteiger partial charge in [0.25, 0.3) is 0 Å². The van der Waals surface area contributed by atoms with Crippen LogP contribution in [0.3, 0.4) is 0 Å². The first-order valence-corrected chi connectivity index (χ1v) is 6.96. The molecule has 0 aliphatic carbocycles. The second kappa shape index (κ2) is 5.81. The van der Waals surface area contributed by atoms with Gasteiger partial charge in [-0.2, -0.15) is 0 Å². The van der Waals surface area contributed by atoms with E-state index >= 15 is 0 Å². The van der Waals surface area contributed by atoms with Crippen LogP contribution in [0.1, 0.15) is 41.0 Å². The maximum absolute atomic E-state index is 6.42. The molecule has 102 valence electrons. The van der Waals surface area contributed by atoms with Crippen molar-refractivity contribution in [1.82, 2.24) is 5.32 Å². The number of furan rings is 1. The van der Waals surface area contributed by atoms with Crippen LogP contribution in [0.5, 0.6) is 0 Å². The Morgan fingerprint density at radius 3 is 2.42 bits per heavy atom. The van der Waals surface area contributed by atoms with E-state index < -0.39 is 0 Å². The Hall–Kier alpha value is -1.25. The van der Waals surface area contributed by atoms with E-state index in [9.17, 15) is 0 Å². The van der Waals surface area contributed by atoms with Crippen LogP contribution < -0.4 is 5.32 Å². The number of rotatable bonds is 4. The normalized spacial score (nSPS) is 12.7. The van der Waals surface area contributed by atoms with E-state index in [1.807, 2.05) is 12.1 Å². The molecule has 2 nitrogen and oxygen atoms in total. The third kappa shape index (κ3) is 2.85. The minimum Gasteiger partial charge on any atom is -0.467 e. The highest BCUT2D eigenvalue weighted by Crippen LogP contribution is 2.32. The zero-order valence-corrected chi connectivity index (χ0v) is 12.6. The number of aryl methyl sites for hydroxylation is 3. The number of benzene rings is 1. The summed E-state index contributed by atoms with van der Waals surface area (Å²) in [5.41, 5.74) is 4.66. The SMILES string of the molecule is CCNC(c1cc(C)c(C)cc1Cl)c1occc1C. The molecule has 0 aliphatic heterocycles. The lowest BCUT2D eigenvalue weighted by Crippen LogP contribution is -2.22. The van der Waals surface area contributed by atoms with E-state index in [1.54, 1.807) is 6.26 Å². The van der Waals surface area contributed by atoms with Gasteiger partial charge in [0, 0.05) is 5.02 Å². The van der Waals surface area contributed by atoms with Crippen molar-refractivity contribution in [3.8, 4) is 0 Å². The molecule has 1 aromatic heterocycles. The molecule has 0 saturated carbocycles. The molecule has 2 aromatic rings. The predicted molar refractivity (Wildman–Crippen MR) is 79.9 cm³/mol. The second-order valence-corrected chi connectivity index (χ2v) is 5.32. The largest absolute Gasteiger partial charge is 0.467 e. The Labute approximate surface area is 119 Å². The molecule has 1 unspecified atom stereocenters. The standard InChI is InChI=1S/C16H20ClNO/c1-5-18-15(16-10(2)6-7-19-16)13-8-11(3)12(4)9-14(13)17/h6-9,15,18H,5H2,1-4H3. The fourth-order valence-corrected chi connectivity index (χ4v) is 2.58. The molecule has 1 heterocycles. The van der Waals surface area contributed by atoms with Gasteiger partial charge in [-0.3, -0.25) is 0 Å². The van der Waals surface area contributed by atoms with Gasteiger partial charge in [-0.1, -0.05) is 24.6 Å². The monoisotopic (exact) mass is 277 g/mol. The molecule has 0 spiro atoms. The highest BCUT2D eigenvalue weighted by Gasteiger charge is 2.21. The first-order chi connectivity index (χ1) is 9.04. The average molecular weight is 278 g/mol. The summed E-state index contributed by atoms with van der Waals surface area (Å²) in [6.07, 6.45) is 1.73. The van der Waals surface area contributed by atoms with E-state index in [0.717, 1.165) is 28.5 Å². The molecule has 0 saturated heterocycles. The summed E-state index contributed by atoms with van der Waals surface area (Å²) in [7, 11) is 0. The summed E-state index contributed by atoms with van der Waals surface area (Å²) in [6, 6.07) is 6.16. The van der Waals surface area contributed by atoms with Crippen LogP contribution in [0.4, 0.5) is 0 Å². The molecule has 1 atom stereocenters. The fraction of sp³-hybridized carbons (Fsp3) is 0.375. The van der Waals surface area contributed by atoms with Gasteiger partial charge >= 0.3 is 0 Å². The number of hydrogen-bond acceptors (Lipinski definition) is 2. The van der Waals surface area contributed by atoms with Crippen molar-refractivity contribution in [2.45, 2.75) is 33.7 Å². The van der Waals surface area contributed by atoms with Gasteiger partial charge in [-0.25, -0.2) is 0 Å². The number of halogens is 1. The Morgan fingerprint density at radius 2 is 1.84 bits per heavy atom. The molecular formula is C16H20ClNO. The Bertz CT molecular complexity index is 574. The minimum absolute atomic E-state index is 0.00630. The van der Waals surface area contributed by atoms with E-state index in [0.29, 0.717) is 0 Å². The lowest BCUT2D eigenvalue weighted by Gasteiger charge is -2.20. The quantitative estimate of drug-likeness (QED) is 0.886. The molecular weight excluding hydrogens is 258 g/mol. The zero-order valence-electron chi connectivity index (χ0n) is 11.9. The topological polar surface area (TPSA) is 25.2 Å². The van der Waals surface area contributed by atoms with Gasteiger partial charge < -0.3 is 9.73 Å². The highest BCUT2D eigenvalue weighted by molar-refractivity contribution is 6.31. The molecule has 19 heavy (non-hydrogen) atoms. The zero-order chi connectivity index (χ0) is 14.0. The third-order valence-electron chi connectivity index (χ3n) is 3.50. The first kappa shape index (κ1) is 14.2. The molecule has 0 amide bonds. The van der Waals surface area contributed by atoms with Gasteiger partial charge in [0.15, 0.2) is 0 Å². The van der Waals surface area contributed by atoms with Crippen molar-refractivity contribution in [1.29, 1.82) is 0 Å². The van der Waals surface area contributed by atoms with Crippen LogP contribution in [0, 0.1) is 20.8 Å². The van der Waals surface area contributed by atoms with Crippen LogP contribution in [0.25, 0.3) is 0 Å². The Balaban J connectivity index is 2.51. The van der Waals surface area contributed by atoms with E-state index in [-0.39, 0.29) is 6.04 Å². The van der Waals surface area contributed by atoms with Crippen molar-refractivity contribution in [2.75, 3.05) is 6.54 Å². The lowest BCUT2D eigenvalue weighted by molar-refractivity contribution is 0.449. The van der Waals surface area contributed by atoms with Crippen molar-refractivity contribution in [2.24, 2.45) is 0 Å². The van der Waals surface area contributed by atoms with Crippen molar-refractivity contribution in [3.63, 3.8) is 0 Å². The maximum Gasteiger partial charge on any atom is 0.128 e. The van der Waals surface area contributed by atoms with E-state index in [2.05, 4.69) is 39.1 Å². The Morgan fingerprint density at radius 1 is 1.16 bits per heavy atom. The van der Waals surface area contributed by atoms with Gasteiger partial charge in [-0.15, -0.1) is 0 Å². The van der Waals surface area contributed by atoms with Crippen LogP contribution in [0.2, 0.25) is 5.02 Å². The lowest BCUT2D eigenvalue weighted by atomic mass is 9.98. The van der Waals surface area contributed by atoms with Gasteiger partial charge in [0.2, 0.25) is 0 Å². The maximum atomic E-state index is 6.42. The molecule has 0 radical (unpaired) electrons. The molecule has 0 aliphatic rings. The predicted octanol–water partition coefficient (Wildman–Crippen LogP) is 4.56. The summed E-state index contributed by atoms with van der Waals surface area (Å²) in [4.78, 5) is 0. The minimum atomic E-state index is 0.00630. The van der Waals surface area contributed by atoms with Gasteiger partial charge in [-0.05, 0) is 61.7 Å². The van der Waals surface area contributed by atoms with Crippen molar-refractivity contribution in [3.05, 3.63) is 57.5 Å². The summed E-state index contributed by atoms with van der Waals surface area (Å²) in [6.45, 7) is 9.17. The molecule has 0 fully saturated rings. The Kier molecular flexibility index (Phi) is 4.33. The molecule has 2 rings (SSSR count). The summed E-state index contributed by atoms with van der Waals surface area (Å²) in [5.74, 6) is 0.937. The van der Waals surface area contributed by atoms with Crippen LogP contribution >= 0.6 is 11.6 Å². The van der Waals surface area contributed by atoms with Crippen LogP contribution in [0.15, 0.2) is 28.9 Å². The van der Waals surface area contributed by atoms with Gasteiger partial charge in [0.05, 0.1) is 12.3 Å².